The number of anilines is 3. The van der Waals surface area contributed by atoms with Crippen molar-refractivity contribution < 1.29 is 14.0 Å². The molecular formula is C19H22FN7O2. The number of hydrogen-bond acceptors (Lipinski definition) is 7. The van der Waals surface area contributed by atoms with Crippen LogP contribution in [0.3, 0.4) is 0 Å². The Kier molecular flexibility index (Phi) is 4.21. The van der Waals surface area contributed by atoms with Crippen molar-refractivity contribution in [3.05, 3.63) is 24.5 Å². The Morgan fingerprint density at radius 1 is 1.28 bits per heavy atom. The van der Waals surface area contributed by atoms with E-state index in [4.69, 9.17) is 5.73 Å². The second-order valence-corrected chi connectivity index (χ2v) is 8.28. The lowest BCUT2D eigenvalue weighted by atomic mass is 9.76. The Morgan fingerprint density at radius 2 is 2.14 bits per heavy atom. The van der Waals surface area contributed by atoms with E-state index in [9.17, 15) is 14.0 Å². The van der Waals surface area contributed by atoms with Gasteiger partial charge in [-0.2, -0.15) is 4.98 Å². The van der Waals surface area contributed by atoms with Crippen molar-refractivity contribution in [1.29, 1.82) is 0 Å². The summed E-state index contributed by atoms with van der Waals surface area (Å²) in [5.74, 6) is 0.0659. The van der Waals surface area contributed by atoms with Crippen molar-refractivity contribution >= 4 is 29.3 Å². The van der Waals surface area contributed by atoms with Crippen LogP contribution in [-0.2, 0) is 16.1 Å². The molecule has 6 bridgehead atoms. The van der Waals surface area contributed by atoms with Gasteiger partial charge in [0.25, 0.3) is 0 Å². The maximum Gasteiger partial charge on any atom is 0.230 e. The van der Waals surface area contributed by atoms with Gasteiger partial charge in [0.2, 0.25) is 11.9 Å². The molecule has 0 aromatic carbocycles. The topological polar surface area (TPSA) is 128 Å². The number of nitrogens with one attached hydrogen (secondary N) is 2. The van der Waals surface area contributed by atoms with Crippen molar-refractivity contribution in [2.75, 3.05) is 10.6 Å². The van der Waals surface area contributed by atoms with Gasteiger partial charge in [-0.15, -0.1) is 0 Å². The molecule has 2 aliphatic carbocycles. The van der Waals surface area contributed by atoms with Crippen molar-refractivity contribution in [2.24, 2.45) is 29.4 Å². The zero-order valence-electron chi connectivity index (χ0n) is 15.7. The fraction of sp³-hybridized carbons (Fsp3) is 0.526. The van der Waals surface area contributed by atoms with E-state index in [0.29, 0.717) is 18.2 Å². The second kappa shape index (κ2) is 6.78. The van der Waals surface area contributed by atoms with Crippen LogP contribution < -0.4 is 16.4 Å². The van der Waals surface area contributed by atoms with Crippen molar-refractivity contribution in [3.8, 4) is 0 Å². The number of Topliss-reactive ketones (excluding diaryl/α,β-unsaturated/α-hetero) is 1. The molecule has 152 valence electrons. The number of carbonyl (C=O) groups excluding carboxylic acids is 2. The third kappa shape index (κ3) is 3.22. The number of hydrogen-bond donors (Lipinski definition) is 3. The third-order valence-corrected chi connectivity index (χ3v) is 6.54. The molecule has 9 nitrogen and oxygen atoms in total. The molecule has 0 spiro atoms. The first kappa shape index (κ1) is 18.0. The summed E-state index contributed by atoms with van der Waals surface area (Å²) in [6.45, 7) is 0.247. The lowest BCUT2D eigenvalue weighted by molar-refractivity contribution is -0.124. The summed E-state index contributed by atoms with van der Waals surface area (Å²) in [4.78, 5) is 37.0. The van der Waals surface area contributed by atoms with Crippen molar-refractivity contribution in [2.45, 2.75) is 38.3 Å². The Balaban J connectivity index is 1.52. The van der Waals surface area contributed by atoms with Crippen LogP contribution in [0.25, 0.3) is 0 Å². The average molecular weight is 399 g/mol. The predicted octanol–water partition coefficient (Wildman–Crippen LogP) is 1.46. The first-order chi connectivity index (χ1) is 14.0. The number of fused-ring (bicyclic) bond motifs is 5. The lowest BCUT2D eigenvalue weighted by Gasteiger charge is -2.35. The number of aromatic nitrogens is 4. The molecule has 2 aromatic rings. The highest BCUT2D eigenvalue weighted by molar-refractivity contribution is 5.79. The number of imidazole rings is 1. The van der Waals surface area contributed by atoms with Crippen molar-refractivity contribution in [3.63, 3.8) is 0 Å². The van der Waals surface area contributed by atoms with E-state index >= 15 is 0 Å². The average Bonchev–Trinajstić information content (AvgIpc) is 3.37. The smallest absolute Gasteiger partial charge is 0.230 e. The second-order valence-electron chi connectivity index (χ2n) is 8.28. The molecule has 3 aliphatic rings. The van der Waals surface area contributed by atoms with Gasteiger partial charge in [-0.3, -0.25) is 9.59 Å². The van der Waals surface area contributed by atoms with Crippen LogP contribution in [0.4, 0.5) is 22.0 Å². The maximum atomic E-state index is 14.4. The van der Waals surface area contributed by atoms with Gasteiger partial charge in [0.05, 0.1) is 25.0 Å². The molecule has 3 heterocycles. The van der Waals surface area contributed by atoms with Crippen LogP contribution >= 0.6 is 0 Å². The Hall–Kier alpha value is -3.04. The minimum absolute atomic E-state index is 0.0374. The Morgan fingerprint density at radius 3 is 2.97 bits per heavy atom. The summed E-state index contributed by atoms with van der Waals surface area (Å²) < 4.78 is 16.2. The first-order valence-electron chi connectivity index (χ1n) is 9.87. The molecule has 0 unspecified atom stereocenters. The van der Waals surface area contributed by atoms with Gasteiger partial charge in [-0.25, -0.2) is 14.4 Å². The Bertz CT molecular complexity index is 977. The number of ketones is 1. The van der Waals surface area contributed by atoms with Gasteiger partial charge in [0, 0.05) is 18.7 Å². The molecule has 10 heteroatoms. The van der Waals surface area contributed by atoms with E-state index in [1.807, 2.05) is 0 Å². The lowest BCUT2D eigenvalue weighted by Crippen LogP contribution is -2.45. The molecule has 5 rings (SSSR count). The van der Waals surface area contributed by atoms with Crippen LogP contribution in [0.2, 0.25) is 0 Å². The molecule has 1 aliphatic heterocycles. The standard InChI is InChI=1S/C19H22FN7O2/c20-13-5-22-19-24-14-7-27(8-23-14)6-11(28)2-1-9-3-10-4-12(9)16(15(10)17(21)29)25-18(13)26-19/h5,7-10,12,15-16H,1-4,6H2,(H2,21,29)(H2,22,24,25,26)/t9-,10-,12-,15+,16-/m1/s1. The summed E-state index contributed by atoms with van der Waals surface area (Å²) >= 11 is 0. The minimum Gasteiger partial charge on any atom is -0.369 e. The number of nitrogens with two attached hydrogens (primary N) is 1. The van der Waals surface area contributed by atoms with Gasteiger partial charge in [0.15, 0.2) is 23.2 Å². The highest BCUT2D eigenvalue weighted by atomic mass is 19.1. The number of carbonyl (C=O) groups is 2. The van der Waals surface area contributed by atoms with Gasteiger partial charge >= 0.3 is 0 Å². The largest absolute Gasteiger partial charge is 0.369 e. The molecule has 2 fully saturated rings. The maximum absolute atomic E-state index is 14.4. The fourth-order valence-corrected chi connectivity index (χ4v) is 5.37. The summed E-state index contributed by atoms with van der Waals surface area (Å²) in [6.07, 6.45) is 7.28. The van der Waals surface area contributed by atoms with Crippen LogP contribution in [0.1, 0.15) is 25.7 Å². The number of rotatable bonds is 1. The van der Waals surface area contributed by atoms with Crippen LogP contribution in [0.5, 0.6) is 0 Å². The summed E-state index contributed by atoms with van der Waals surface area (Å²) in [7, 11) is 0. The van der Waals surface area contributed by atoms with E-state index < -0.39 is 5.82 Å². The van der Waals surface area contributed by atoms with Crippen LogP contribution in [0.15, 0.2) is 18.7 Å². The van der Waals surface area contributed by atoms with E-state index in [0.717, 1.165) is 25.5 Å². The number of amides is 1. The highest BCUT2D eigenvalue weighted by Gasteiger charge is 2.54. The zero-order valence-corrected chi connectivity index (χ0v) is 15.7. The molecule has 5 atom stereocenters. The zero-order chi connectivity index (χ0) is 20.1. The molecule has 2 saturated carbocycles. The normalized spacial score (nSPS) is 30.8. The first-order valence-corrected chi connectivity index (χ1v) is 9.87. The third-order valence-electron chi connectivity index (χ3n) is 6.54. The fourth-order valence-electron chi connectivity index (χ4n) is 5.37. The molecule has 1 amide bonds. The van der Waals surface area contributed by atoms with Crippen molar-refractivity contribution in [1.82, 2.24) is 19.5 Å². The molecule has 0 saturated heterocycles. The molecule has 2 aromatic heterocycles. The number of nitrogens with zero attached hydrogens (tertiary/aromatic N) is 4. The van der Waals surface area contributed by atoms with Crippen LogP contribution in [-0.4, -0.2) is 37.3 Å². The molecule has 29 heavy (non-hydrogen) atoms. The molecular weight excluding hydrogens is 377 g/mol. The molecule has 4 N–H and O–H groups in total. The van der Waals surface area contributed by atoms with E-state index in [-0.39, 0.29) is 53.8 Å². The number of primary amides is 1. The number of halogens is 1. The van der Waals surface area contributed by atoms with Gasteiger partial charge in [-0.1, -0.05) is 0 Å². The quantitative estimate of drug-likeness (QED) is 0.662. The van der Waals surface area contributed by atoms with Crippen LogP contribution in [0, 0.1) is 29.5 Å². The molecule has 0 radical (unpaired) electrons. The van der Waals surface area contributed by atoms with Gasteiger partial charge in [0.1, 0.15) is 0 Å². The summed E-state index contributed by atoms with van der Waals surface area (Å²) in [6, 6.07) is -0.300. The SMILES string of the molecule is NC(=O)[C@H]1[C@@H]2C[C@H]3CCC(=O)Cn4cnc(c4)Nc4ncc(F)c(n4)N[C@@H]1[C@@H]3C2. The summed E-state index contributed by atoms with van der Waals surface area (Å²) in [5, 5.41) is 6.07. The highest BCUT2D eigenvalue weighted by Crippen LogP contribution is 2.54. The summed E-state index contributed by atoms with van der Waals surface area (Å²) in [5.41, 5.74) is 5.68. The van der Waals surface area contributed by atoms with E-state index in [1.165, 1.54) is 0 Å². The minimum atomic E-state index is -0.594. The van der Waals surface area contributed by atoms with Gasteiger partial charge in [-0.05, 0) is 37.0 Å². The van der Waals surface area contributed by atoms with E-state index in [2.05, 4.69) is 25.6 Å². The Labute approximate surface area is 166 Å². The predicted molar refractivity (Wildman–Crippen MR) is 102 cm³/mol. The monoisotopic (exact) mass is 399 g/mol. The van der Waals surface area contributed by atoms with E-state index in [1.54, 1.807) is 17.1 Å². The van der Waals surface area contributed by atoms with Gasteiger partial charge < -0.3 is 20.9 Å².